The number of hydrogen-bond donors (Lipinski definition) is 1. The van der Waals surface area contributed by atoms with Crippen LogP contribution in [0, 0.1) is 13.8 Å². The van der Waals surface area contributed by atoms with Crippen molar-refractivity contribution in [2.24, 2.45) is 0 Å². The summed E-state index contributed by atoms with van der Waals surface area (Å²) in [6.45, 7) is 4.85. The van der Waals surface area contributed by atoms with E-state index in [9.17, 15) is 13.2 Å². The summed E-state index contributed by atoms with van der Waals surface area (Å²) in [7, 11) is -2.24. The van der Waals surface area contributed by atoms with E-state index in [0.717, 1.165) is 30.4 Å². The van der Waals surface area contributed by atoms with Gasteiger partial charge in [0.15, 0.2) is 0 Å². The molecule has 2 aromatic rings. The van der Waals surface area contributed by atoms with Crippen molar-refractivity contribution in [2.75, 3.05) is 25.5 Å². The predicted octanol–water partition coefficient (Wildman–Crippen LogP) is 3.74. The zero-order valence-electron chi connectivity index (χ0n) is 16.5. The molecule has 150 valence electrons. The number of methoxy groups -OCH3 is 1. The fourth-order valence-electron chi connectivity index (χ4n) is 3.47. The molecule has 1 aliphatic heterocycles. The van der Waals surface area contributed by atoms with E-state index in [4.69, 9.17) is 4.74 Å². The number of nitrogens with zero attached hydrogens (tertiary/aromatic N) is 1. The molecule has 1 saturated heterocycles. The molecule has 0 unspecified atom stereocenters. The van der Waals surface area contributed by atoms with Gasteiger partial charge in [-0.05, 0) is 56.5 Å². The van der Waals surface area contributed by atoms with Crippen LogP contribution in [0.1, 0.15) is 40.7 Å². The third-order valence-electron chi connectivity index (χ3n) is 4.98. The van der Waals surface area contributed by atoms with Crippen LogP contribution in [-0.4, -0.2) is 38.8 Å². The maximum absolute atomic E-state index is 13.1. The van der Waals surface area contributed by atoms with Gasteiger partial charge in [-0.1, -0.05) is 24.1 Å². The third-order valence-corrected chi connectivity index (χ3v) is 6.90. The van der Waals surface area contributed by atoms with Crippen LogP contribution in [0.5, 0.6) is 5.75 Å². The van der Waals surface area contributed by atoms with Crippen molar-refractivity contribution in [3.05, 3.63) is 53.1 Å². The lowest BCUT2D eigenvalue weighted by Crippen LogP contribution is -2.35. The lowest BCUT2D eigenvalue weighted by molar-refractivity contribution is 0.102. The highest BCUT2D eigenvalue weighted by molar-refractivity contribution is 7.89. The lowest BCUT2D eigenvalue weighted by atomic mass is 10.1. The Morgan fingerprint density at radius 3 is 2.39 bits per heavy atom. The summed E-state index contributed by atoms with van der Waals surface area (Å²) < 4.78 is 33.0. The number of anilines is 1. The molecule has 6 nitrogen and oxygen atoms in total. The molecule has 0 saturated carbocycles. The number of aryl methyl sites for hydroxylation is 2. The molecule has 0 aliphatic carbocycles. The van der Waals surface area contributed by atoms with E-state index in [0.29, 0.717) is 24.3 Å². The van der Waals surface area contributed by atoms with Gasteiger partial charge in [0, 0.05) is 24.3 Å². The summed E-state index contributed by atoms with van der Waals surface area (Å²) >= 11 is 0. The maximum Gasteiger partial charge on any atom is 0.255 e. The van der Waals surface area contributed by atoms with Crippen LogP contribution in [-0.2, 0) is 10.0 Å². The summed E-state index contributed by atoms with van der Waals surface area (Å²) in [5.41, 5.74) is 2.92. The highest BCUT2D eigenvalue weighted by Crippen LogP contribution is 2.31. The first-order valence-electron chi connectivity index (χ1n) is 9.40. The van der Waals surface area contributed by atoms with E-state index < -0.39 is 10.0 Å². The quantitative estimate of drug-likeness (QED) is 0.827. The fraction of sp³-hybridized carbons (Fsp3) is 0.381. The van der Waals surface area contributed by atoms with Gasteiger partial charge in [-0.3, -0.25) is 4.79 Å². The molecule has 7 heteroatoms. The van der Waals surface area contributed by atoms with Gasteiger partial charge in [-0.15, -0.1) is 0 Å². The van der Waals surface area contributed by atoms with Crippen LogP contribution in [0.2, 0.25) is 0 Å². The Labute approximate surface area is 166 Å². The van der Waals surface area contributed by atoms with Crippen molar-refractivity contribution >= 4 is 21.6 Å². The van der Waals surface area contributed by atoms with Gasteiger partial charge >= 0.3 is 0 Å². The molecule has 0 bridgehead atoms. The second-order valence-electron chi connectivity index (χ2n) is 7.10. The van der Waals surface area contributed by atoms with Crippen molar-refractivity contribution in [1.29, 1.82) is 0 Å². The van der Waals surface area contributed by atoms with Gasteiger partial charge in [0.1, 0.15) is 10.6 Å². The number of benzene rings is 2. The van der Waals surface area contributed by atoms with Crippen molar-refractivity contribution in [3.8, 4) is 5.75 Å². The second-order valence-corrected chi connectivity index (χ2v) is 9.01. The monoisotopic (exact) mass is 402 g/mol. The highest BCUT2D eigenvalue weighted by Gasteiger charge is 2.29. The molecule has 28 heavy (non-hydrogen) atoms. The standard InChI is InChI=1S/C21H26N2O4S/c1-15-7-9-18(16(2)13-15)21(24)22-17-8-10-19(27-3)20(14-17)28(25,26)23-11-5-4-6-12-23/h7-10,13-14H,4-6,11-12H2,1-3H3,(H,22,24). The van der Waals surface area contributed by atoms with E-state index in [1.165, 1.54) is 17.5 Å². The number of nitrogens with one attached hydrogen (secondary N) is 1. The number of sulfonamides is 1. The summed E-state index contributed by atoms with van der Waals surface area (Å²) in [4.78, 5) is 12.7. The smallest absolute Gasteiger partial charge is 0.255 e. The molecule has 0 spiro atoms. The van der Waals surface area contributed by atoms with E-state index in [2.05, 4.69) is 5.32 Å². The van der Waals surface area contributed by atoms with Crippen LogP contribution in [0.15, 0.2) is 41.3 Å². The number of piperidine rings is 1. The van der Waals surface area contributed by atoms with Crippen LogP contribution in [0.25, 0.3) is 0 Å². The topological polar surface area (TPSA) is 75.7 Å². The van der Waals surface area contributed by atoms with Gasteiger partial charge in [0.05, 0.1) is 7.11 Å². The molecule has 0 aromatic heterocycles. The van der Waals surface area contributed by atoms with Gasteiger partial charge in [0.25, 0.3) is 5.91 Å². The minimum absolute atomic E-state index is 0.0790. The van der Waals surface area contributed by atoms with Crippen molar-refractivity contribution in [2.45, 2.75) is 38.0 Å². The molecule has 3 rings (SSSR count). The molecule has 2 aromatic carbocycles. The Balaban J connectivity index is 1.91. The Kier molecular flexibility index (Phi) is 6.05. The first kappa shape index (κ1) is 20.4. The average Bonchev–Trinajstić information content (AvgIpc) is 2.68. The number of hydrogen-bond acceptors (Lipinski definition) is 4. The zero-order valence-corrected chi connectivity index (χ0v) is 17.3. The van der Waals surface area contributed by atoms with Gasteiger partial charge in [-0.25, -0.2) is 8.42 Å². The summed E-state index contributed by atoms with van der Waals surface area (Å²) in [6, 6.07) is 10.3. The predicted molar refractivity (Wildman–Crippen MR) is 109 cm³/mol. The molecule has 1 amide bonds. The summed E-state index contributed by atoms with van der Waals surface area (Å²) in [5.74, 6) is -0.000855. The molecular weight excluding hydrogens is 376 g/mol. The first-order valence-corrected chi connectivity index (χ1v) is 10.8. The normalized spacial score (nSPS) is 15.2. The van der Waals surface area contributed by atoms with Gasteiger partial charge < -0.3 is 10.1 Å². The Morgan fingerprint density at radius 1 is 1.04 bits per heavy atom. The van der Waals surface area contributed by atoms with Crippen LogP contribution in [0.3, 0.4) is 0 Å². The minimum Gasteiger partial charge on any atom is -0.495 e. The minimum atomic E-state index is -3.68. The van der Waals surface area contributed by atoms with Gasteiger partial charge in [0.2, 0.25) is 10.0 Å². The first-order chi connectivity index (χ1) is 13.3. The van der Waals surface area contributed by atoms with E-state index in [1.54, 1.807) is 18.2 Å². The van der Waals surface area contributed by atoms with Crippen molar-refractivity contribution in [1.82, 2.24) is 4.31 Å². The Hall–Kier alpha value is -2.38. The zero-order chi connectivity index (χ0) is 20.3. The molecule has 0 radical (unpaired) electrons. The summed E-state index contributed by atoms with van der Waals surface area (Å²) in [5, 5.41) is 2.81. The lowest BCUT2D eigenvalue weighted by Gasteiger charge is -2.26. The third kappa shape index (κ3) is 4.20. The van der Waals surface area contributed by atoms with E-state index >= 15 is 0 Å². The highest BCUT2D eigenvalue weighted by atomic mass is 32.2. The molecule has 1 fully saturated rings. The van der Waals surface area contributed by atoms with Gasteiger partial charge in [-0.2, -0.15) is 4.31 Å². The second kappa shape index (κ2) is 8.32. The molecule has 1 aliphatic rings. The van der Waals surface area contributed by atoms with E-state index in [-0.39, 0.29) is 16.6 Å². The van der Waals surface area contributed by atoms with Crippen LogP contribution in [0.4, 0.5) is 5.69 Å². The molecular formula is C21H26N2O4S. The number of ether oxygens (including phenoxy) is 1. The van der Waals surface area contributed by atoms with Crippen molar-refractivity contribution in [3.63, 3.8) is 0 Å². The Bertz CT molecular complexity index is 980. The Morgan fingerprint density at radius 2 is 1.75 bits per heavy atom. The van der Waals surface area contributed by atoms with E-state index in [1.807, 2.05) is 26.0 Å². The number of carbonyl (C=O) groups is 1. The molecule has 1 heterocycles. The molecule has 1 N–H and O–H groups in total. The molecule has 0 atom stereocenters. The maximum atomic E-state index is 13.1. The summed E-state index contributed by atoms with van der Waals surface area (Å²) in [6.07, 6.45) is 2.74. The number of carbonyl (C=O) groups excluding carboxylic acids is 1. The SMILES string of the molecule is COc1ccc(NC(=O)c2ccc(C)cc2C)cc1S(=O)(=O)N1CCCCC1. The van der Waals surface area contributed by atoms with Crippen molar-refractivity contribution < 1.29 is 17.9 Å². The number of rotatable bonds is 5. The van der Waals surface area contributed by atoms with Crippen LogP contribution < -0.4 is 10.1 Å². The fourth-order valence-corrected chi connectivity index (χ4v) is 5.17. The number of amides is 1. The van der Waals surface area contributed by atoms with Crippen LogP contribution >= 0.6 is 0 Å². The average molecular weight is 403 g/mol. The largest absolute Gasteiger partial charge is 0.495 e.